The standard InChI is InChI=1S/C15H12N4O/c20-15(17-12-6-2-1-3-7-12)13-8-4-5-9-14(13)19-11-10-16-18-19/h1-11H,(H,17,20). The Kier molecular flexibility index (Phi) is 3.24. The first-order valence-corrected chi connectivity index (χ1v) is 6.17. The largest absolute Gasteiger partial charge is 0.322 e. The number of nitrogens with zero attached hydrogens (tertiary/aromatic N) is 3. The highest BCUT2D eigenvalue weighted by atomic mass is 16.1. The molecule has 2 aromatic carbocycles. The van der Waals surface area contributed by atoms with Gasteiger partial charge in [0, 0.05) is 5.69 Å². The van der Waals surface area contributed by atoms with Gasteiger partial charge in [-0.2, -0.15) is 0 Å². The minimum atomic E-state index is -0.178. The van der Waals surface area contributed by atoms with E-state index in [0.29, 0.717) is 11.3 Å². The lowest BCUT2D eigenvalue weighted by atomic mass is 10.1. The second kappa shape index (κ2) is 5.36. The summed E-state index contributed by atoms with van der Waals surface area (Å²) in [5.74, 6) is -0.178. The lowest BCUT2D eigenvalue weighted by Crippen LogP contribution is -2.15. The second-order valence-corrected chi connectivity index (χ2v) is 4.18. The van der Waals surface area contributed by atoms with E-state index in [1.807, 2.05) is 48.5 Å². The summed E-state index contributed by atoms with van der Waals surface area (Å²) in [5.41, 5.74) is 1.99. The van der Waals surface area contributed by atoms with E-state index in [9.17, 15) is 4.79 Å². The molecule has 0 saturated carbocycles. The summed E-state index contributed by atoms with van der Waals surface area (Å²) in [6, 6.07) is 16.6. The van der Waals surface area contributed by atoms with Crippen molar-refractivity contribution < 1.29 is 4.79 Å². The maximum atomic E-state index is 12.4. The van der Waals surface area contributed by atoms with E-state index in [1.54, 1.807) is 23.1 Å². The van der Waals surface area contributed by atoms with E-state index < -0.39 is 0 Å². The third-order valence-electron chi connectivity index (χ3n) is 2.85. The fraction of sp³-hybridized carbons (Fsp3) is 0. The van der Waals surface area contributed by atoms with Gasteiger partial charge in [0.05, 0.1) is 23.6 Å². The van der Waals surface area contributed by atoms with Crippen LogP contribution >= 0.6 is 0 Å². The molecule has 1 aromatic heterocycles. The molecule has 1 heterocycles. The molecule has 20 heavy (non-hydrogen) atoms. The molecule has 3 rings (SSSR count). The highest BCUT2D eigenvalue weighted by molar-refractivity contribution is 6.06. The first-order chi connectivity index (χ1) is 9.84. The Hall–Kier alpha value is -2.95. The lowest BCUT2D eigenvalue weighted by molar-refractivity contribution is 0.102. The van der Waals surface area contributed by atoms with Gasteiger partial charge in [-0.1, -0.05) is 35.5 Å². The van der Waals surface area contributed by atoms with Gasteiger partial charge in [-0.15, -0.1) is 5.10 Å². The fourth-order valence-electron chi connectivity index (χ4n) is 1.92. The molecule has 0 spiro atoms. The topological polar surface area (TPSA) is 59.8 Å². The zero-order chi connectivity index (χ0) is 13.8. The Labute approximate surface area is 115 Å². The van der Waals surface area contributed by atoms with Gasteiger partial charge in [-0.3, -0.25) is 4.79 Å². The van der Waals surface area contributed by atoms with E-state index in [0.717, 1.165) is 5.69 Å². The minimum Gasteiger partial charge on any atom is -0.322 e. The predicted octanol–water partition coefficient (Wildman–Crippen LogP) is 2.52. The van der Waals surface area contributed by atoms with Crippen molar-refractivity contribution in [2.75, 3.05) is 5.32 Å². The molecule has 0 aliphatic heterocycles. The van der Waals surface area contributed by atoms with Gasteiger partial charge in [-0.25, -0.2) is 4.68 Å². The van der Waals surface area contributed by atoms with Gasteiger partial charge in [-0.05, 0) is 24.3 Å². The van der Waals surface area contributed by atoms with Crippen molar-refractivity contribution in [3.63, 3.8) is 0 Å². The predicted molar refractivity (Wildman–Crippen MR) is 75.8 cm³/mol. The monoisotopic (exact) mass is 264 g/mol. The van der Waals surface area contributed by atoms with Crippen LogP contribution in [0.1, 0.15) is 10.4 Å². The van der Waals surface area contributed by atoms with E-state index in [-0.39, 0.29) is 5.91 Å². The van der Waals surface area contributed by atoms with Crippen molar-refractivity contribution in [2.45, 2.75) is 0 Å². The average molecular weight is 264 g/mol. The number of rotatable bonds is 3. The van der Waals surface area contributed by atoms with E-state index in [4.69, 9.17) is 0 Å². The summed E-state index contributed by atoms with van der Waals surface area (Å²) < 4.78 is 1.57. The number of hydrogen-bond acceptors (Lipinski definition) is 3. The number of hydrogen-bond donors (Lipinski definition) is 1. The number of para-hydroxylation sites is 2. The summed E-state index contributed by atoms with van der Waals surface area (Å²) in [6.07, 6.45) is 3.28. The number of nitrogens with one attached hydrogen (secondary N) is 1. The molecular formula is C15H12N4O. The molecule has 0 aliphatic carbocycles. The number of amides is 1. The van der Waals surface area contributed by atoms with E-state index in [2.05, 4.69) is 15.6 Å². The molecule has 0 atom stereocenters. The number of benzene rings is 2. The number of anilines is 1. The Morgan fingerprint density at radius 2 is 1.75 bits per heavy atom. The maximum absolute atomic E-state index is 12.4. The molecule has 0 fully saturated rings. The molecule has 0 bridgehead atoms. The van der Waals surface area contributed by atoms with Gasteiger partial charge >= 0.3 is 0 Å². The molecule has 0 unspecified atom stereocenters. The van der Waals surface area contributed by atoms with Crippen LogP contribution in [0.4, 0.5) is 5.69 Å². The maximum Gasteiger partial charge on any atom is 0.257 e. The van der Waals surface area contributed by atoms with Crippen LogP contribution in [0.25, 0.3) is 5.69 Å². The highest BCUT2D eigenvalue weighted by Gasteiger charge is 2.12. The van der Waals surface area contributed by atoms with Crippen LogP contribution in [0.5, 0.6) is 0 Å². The van der Waals surface area contributed by atoms with Crippen molar-refractivity contribution in [1.82, 2.24) is 15.0 Å². The Morgan fingerprint density at radius 1 is 1.00 bits per heavy atom. The van der Waals surface area contributed by atoms with Crippen molar-refractivity contribution in [3.8, 4) is 5.69 Å². The fourth-order valence-corrected chi connectivity index (χ4v) is 1.92. The quantitative estimate of drug-likeness (QED) is 0.790. The van der Waals surface area contributed by atoms with Gasteiger partial charge < -0.3 is 5.32 Å². The van der Waals surface area contributed by atoms with Crippen LogP contribution in [0.15, 0.2) is 67.0 Å². The Balaban J connectivity index is 1.93. The van der Waals surface area contributed by atoms with Gasteiger partial charge in [0.25, 0.3) is 5.91 Å². The summed E-state index contributed by atoms with van der Waals surface area (Å²) >= 11 is 0. The smallest absolute Gasteiger partial charge is 0.257 e. The van der Waals surface area contributed by atoms with Crippen LogP contribution < -0.4 is 5.32 Å². The van der Waals surface area contributed by atoms with Crippen LogP contribution in [0, 0.1) is 0 Å². The van der Waals surface area contributed by atoms with Crippen molar-refractivity contribution in [1.29, 1.82) is 0 Å². The van der Waals surface area contributed by atoms with Crippen LogP contribution in [0.3, 0.4) is 0 Å². The molecule has 5 nitrogen and oxygen atoms in total. The van der Waals surface area contributed by atoms with Crippen LogP contribution in [-0.4, -0.2) is 20.9 Å². The van der Waals surface area contributed by atoms with Gasteiger partial charge in [0.2, 0.25) is 0 Å². The number of carbonyl (C=O) groups excluding carboxylic acids is 1. The number of aromatic nitrogens is 3. The summed E-state index contributed by atoms with van der Waals surface area (Å²) in [5, 5.41) is 10.5. The van der Waals surface area contributed by atoms with E-state index in [1.165, 1.54) is 0 Å². The first kappa shape index (κ1) is 12.1. The zero-order valence-electron chi connectivity index (χ0n) is 10.6. The second-order valence-electron chi connectivity index (χ2n) is 4.18. The SMILES string of the molecule is O=C(Nc1ccccc1)c1ccccc1-n1ccnn1. The zero-order valence-corrected chi connectivity index (χ0v) is 10.6. The molecule has 98 valence electrons. The molecule has 0 radical (unpaired) electrons. The minimum absolute atomic E-state index is 0.178. The summed E-state index contributed by atoms with van der Waals surface area (Å²) in [4.78, 5) is 12.4. The highest BCUT2D eigenvalue weighted by Crippen LogP contribution is 2.15. The normalized spacial score (nSPS) is 10.2. The van der Waals surface area contributed by atoms with Crippen molar-refractivity contribution >= 4 is 11.6 Å². The molecular weight excluding hydrogens is 252 g/mol. The van der Waals surface area contributed by atoms with Crippen LogP contribution in [0.2, 0.25) is 0 Å². The lowest BCUT2D eigenvalue weighted by Gasteiger charge is -2.09. The number of carbonyl (C=O) groups is 1. The van der Waals surface area contributed by atoms with E-state index >= 15 is 0 Å². The summed E-state index contributed by atoms with van der Waals surface area (Å²) in [6.45, 7) is 0. The Morgan fingerprint density at radius 3 is 2.50 bits per heavy atom. The Bertz CT molecular complexity index is 708. The van der Waals surface area contributed by atoms with Crippen molar-refractivity contribution in [3.05, 3.63) is 72.6 Å². The third kappa shape index (κ3) is 2.42. The van der Waals surface area contributed by atoms with Crippen LogP contribution in [-0.2, 0) is 0 Å². The molecule has 1 N–H and O–H groups in total. The molecule has 3 aromatic rings. The molecule has 1 amide bonds. The molecule has 0 saturated heterocycles. The third-order valence-corrected chi connectivity index (χ3v) is 2.85. The average Bonchev–Trinajstić information content (AvgIpc) is 3.02. The van der Waals surface area contributed by atoms with Gasteiger partial charge in [0.1, 0.15) is 0 Å². The van der Waals surface area contributed by atoms with Gasteiger partial charge in [0.15, 0.2) is 0 Å². The first-order valence-electron chi connectivity index (χ1n) is 6.17. The van der Waals surface area contributed by atoms with Crippen molar-refractivity contribution in [2.24, 2.45) is 0 Å². The molecule has 0 aliphatic rings. The molecule has 5 heteroatoms. The summed E-state index contributed by atoms with van der Waals surface area (Å²) in [7, 11) is 0.